The van der Waals surface area contributed by atoms with Gasteiger partial charge in [0.1, 0.15) is 5.82 Å². The van der Waals surface area contributed by atoms with E-state index in [4.69, 9.17) is 0 Å². The molecule has 0 aromatic heterocycles. The molecule has 2 aromatic carbocycles. The van der Waals surface area contributed by atoms with Gasteiger partial charge in [0.2, 0.25) is 0 Å². The van der Waals surface area contributed by atoms with Gasteiger partial charge in [-0.2, -0.15) is 13.2 Å². The molecule has 144 valence electrons. The van der Waals surface area contributed by atoms with Gasteiger partial charge < -0.3 is 0 Å². The molecule has 2 aromatic rings. The van der Waals surface area contributed by atoms with Crippen molar-refractivity contribution in [3.05, 3.63) is 71.0 Å². The highest BCUT2D eigenvalue weighted by atomic mass is 19.4. The number of alkyl halides is 3. The SMILES string of the molecule is O=C(CC1CCN(Cc2ccc(C(F)(F)F)cc2)CC1)c1ccc(F)cc1. The van der Waals surface area contributed by atoms with Crippen LogP contribution in [0.3, 0.4) is 0 Å². The third-order valence-electron chi connectivity index (χ3n) is 5.03. The van der Waals surface area contributed by atoms with Crippen LogP contribution in [0.25, 0.3) is 0 Å². The maximum atomic E-state index is 12.9. The highest BCUT2D eigenvalue weighted by molar-refractivity contribution is 5.96. The summed E-state index contributed by atoms with van der Waals surface area (Å²) in [5, 5.41) is 0. The summed E-state index contributed by atoms with van der Waals surface area (Å²) in [6, 6.07) is 10.9. The molecule has 3 rings (SSSR count). The summed E-state index contributed by atoms with van der Waals surface area (Å²) in [4.78, 5) is 14.5. The fourth-order valence-electron chi connectivity index (χ4n) is 3.42. The van der Waals surface area contributed by atoms with Crippen LogP contribution >= 0.6 is 0 Å². The van der Waals surface area contributed by atoms with Crippen molar-refractivity contribution in [1.29, 1.82) is 0 Å². The Morgan fingerprint density at radius 2 is 1.56 bits per heavy atom. The largest absolute Gasteiger partial charge is 0.416 e. The Hall–Kier alpha value is -2.21. The lowest BCUT2D eigenvalue weighted by Gasteiger charge is -2.31. The number of hydrogen-bond acceptors (Lipinski definition) is 2. The molecular weight excluding hydrogens is 358 g/mol. The van der Waals surface area contributed by atoms with E-state index in [0.29, 0.717) is 18.5 Å². The van der Waals surface area contributed by atoms with Crippen LogP contribution in [0.4, 0.5) is 17.6 Å². The summed E-state index contributed by atoms with van der Waals surface area (Å²) < 4.78 is 50.8. The van der Waals surface area contributed by atoms with Crippen molar-refractivity contribution < 1.29 is 22.4 Å². The molecule has 1 heterocycles. The molecule has 1 saturated heterocycles. The number of carbonyl (C=O) groups excluding carboxylic acids is 1. The molecule has 0 saturated carbocycles. The lowest BCUT2D eigenvalue weighted by molar-refractivity contribution is -0.137. The Balaban J connectivity index is 1.47. The number of nitrogens with zero attached hydrogens (tertiary/aromatic N) is 1. The molecule has 0 aliphatic carbocycles. The molecule has 0 spiro atoms. The molecule has 0 unspecified atom stereocenters. The highest BCUT2D eigenvalue weighted by Crippen LogP contribution is 2.29. The Morgan fingerprint density at radius 1 is 0.963 bits per heavy atom. The van der Waals surface area contributed by atoms with Crippen LogP contribution in [0.1, 0.15) is 40.7 Å². The first-order valence-corrected chi connectivity index (χ1v) is 8.98. The normalized spacial score (nSPS) is 16.4. The lowest BCUT2D eigenvalue weighted by atomic mass is 9.89. The van der Waals surface area contributed by atoms with Crippen molar-refractivity contribution in [3.8, 4) is 0 Å². The molecule has 0 radical (unpaired) electrons. The number of ketones is 1. The summed E-state index contributed by atoms with van der Waals surface area (Å²) in [6.07, 6.45) is -2.13. The summed E-state index contributed by atoms with van der Waals surface area (Å²) >= 11 is 0. The Bertz CT molecular complexity index is 760. The minimum atomic E-state index is -4.31. The van der Waals surface area contributed by atoms with Crippen molar-refractivity contribution in [3.63, 3.8) is 0 Å². The fraction of sp³-hybridized carbons (Fsp3) is 0.381. The quantitative estimate of drug-likeness (QED) is 0.517. The predicted octanol–water partition coefficient (Wildman–Crippen LogP) is 5.33. The third-order valence-corrected chi connectivity index (χ3v) is 5.03. The standard InChI is InChI=1S/C21H21F4NO/c22-19-7-3-17(4-8-19)20(27)13-15-9-11-26(12-10-15)14-16-1-5-18(6-2-16)21(23,24)25/h1-8,15H,9-14H2. The van der Waals surface area contributed by atoms with Gasteiger partial charge in [0, 0.05) is 18.5 Å². The van der Waals surface area contributed by atoms with Gasteiger partial charge in [0.25, 0.3) is 0 Å². The lowest BCUT2D eigenvalue weighted by Crippen LogP contribution is -2.33. The summed E-state index contributed by atoms with van der Waals surface area (Å²) in [5.74, 6) is -0.0503. The number of carbonyl (C=O) groups is 1. The summed E-state index contributed by atoms with van der Waals surface area (Å²) in [5.41, 5.74) is 0.747. The molecule has 27 heavy (non-hydrogen) atoms. The van der Waals surface area contributed by atoms with E-state index in [1.165, 1.54) is 36.4 Å². The number of rotatable bonds is 5. The molecular formula is C21H21F4NO. The second-order valence-corrected chi connectivity index (χ2v) is 7.05. The molecule has 2 nitrogen and oxygen atoms in total. The molecule has 0 atom stereocenters. The van der Waals surface area contributed by atoms with E-state index in [1.54, 1.807) is 0 Å². The van der Waals surface area contributed by atoms with Crippen molar-refractivity contribution in [2.24, 2.45) is 5.92 Å². The van der Waals surface area contributed by atoms with Crippen molar-refractivity contribution in [2.45, 2.75) is 32.0 Å². The van der Waals surface area contributed by atoms with Crippen LogP contribution in [0.2, 0.25) is 0 Å². The van der Waals surface area contributed by atoms with Crippen LogP contribution in [-0.4, -0.2) is 23.8 Å². The van der Waals surface area contributed by atoms with Crippen molar-refractivity contribution in [2.75, 3.05) is 13.1 Å². The maximum absolute atomic E-state index is 12.9. The first kappa shape index (κ1) is 19.5. The minimum absolute atomic E-state index is 0.0242. The fourth-order valence-corrected chi connectivity index (χ4v) is 3.42. The summed E-state index contributed by atoms with van der Waals surface area (Å²) in [7, 11) is 0. The van der Waals surface area contributed by atoms with Crippen LogP contribution in [0.5, 0.6) is 0 Å². The first-order valence-electron chi connectivity index (χ1n) is 8.98. The number of halogens is 4. The molecule has 0 amide bonds. The zero-order chi connectivity index (χ0) is 19.4. The van der Waals surface area contributed by atoms with Gasteiger partial charge in [-0.25, -0.2) is 4.39 Å². The van der Waals surface area contributed by atoms with E-state index in [1.807, 2.05) is 0 Å². The number of likely N-dealkylation sites (tertiary alicyclic amines) is 1. The van der Waals surface area contributed by atoms with E-state index in [-0.39, 0.29) is 17.5 Å². The predicted molar refractivity (Wildman–Crippen MR) is 94.8 cm³/mol. The average Bonchev–Trinajstić information content (AvgIpc) is 2.63. The Labute approximate surface area is 155 Å². The van der Waals surface area contributed by atoms with Gasteiger partial charge in [-0.05, 0) is 73.8 Å². The van der Waals surface area contributed by atoms with Crippen molar-refractivity contribution in [1.82, 2.24) is 4.90 Å². The zero-order valence-electron chi connectivity index (χ0n) is 14.8. The van der Waals surface area contributed by atoms with Crippen LogP contribution in [0.15, 0.2) is 48.5 Å². The Kier molecular flexibility index (Phi) is 5.95. The van der Waals surface area contributed by atoms with Gasteiger partial charge >= 0.3 is 6.18 Å². The first-order chi connectivity index (χ1) is 12.8. The molecule has 6 heteroatoms. The molecule has 0 bridgehead atoms. The molecule has 0 N–H and O–H groups in total. The van der Waals surface area contributed by atoms with E-state index in [2.05, 4.69) is 4.90 Å². The molecule has 1 aliphatic heterocycles. The second-order valence-electron chi connectivity index (χ2n) is 7.05. The van der Waals surface area contributed by atoms with E-state index in [9.17, 15) is 22.4 Å². The van der Waals surface area contributed by atoms with Gasteiger partial charge in [0.05, 0.1) is 5.56 Å². The zero-order valence-corrected chi connectivity index (χ0v) is 14.8. The van der Waals surface area contributed by atoms with Gasteiger partial charge in [-0.1, -0.05) is 12.1 Å². The van der Waals surface area contributed by atoms with Crippen molar-refractivity contribution >= 4 is 5.78 Å². The number of hydrogen-bond donors (Lipinski definition) is 0. The van der Waals surface area contributed by atoms with Crippen LogP contribution in [-0.2, 0) is 12.7 Å². The topological polar surface area (TPSA) is 20.3 Å². The number of piperidine rings is 1. The van der Waals surface area contributed by atoms with Gasteiger partial charge in [-0.15, -0.1) is 0 Å². The maximum Gasteiger partial charge on any atom is 0.416 e. The third kappa shape index (κ3) is 5.39. The molecule has 1 aliphatic rings. The number of Topliss-reactive ketones (excluding diaryl/α,β-unsaturated/α-hetero) is 1. The van der Waals surface area contributed by atoms with E-state index < -0.39 is 11.7 Å². The van der Waals surface area contributed by atoms with E-state index in [0.717, 1.165) is 43.6 Å². The Morgan fingerprint density at radius 3 is 2.11 bits per heavy atom. The van der Waals surface area contributed by atoms with Gasteiger partial charge in [-0.3, -0.25) is 9.69 Å². The molecule has 1 fully saturated rings. The smallest absolute Gasteiger partial charge is 0.299 e. The van der Waals surface area contributed by atoms with Crippen LogP contribution in [0, 0.1) is 11.7 Å². The monoisotopic (exact) mass is 379 g/mol. The number of benzene rings is 2. The van der Waals surface area contributed by atoms with E-state index >= 15 is 0 Å². The highest BCUT2D eigenvalue weighted by Gasteiger charge is 2.30. The second kappa shape index (κ2) is 8.21. The van der Waals surface area contributed by atoms with Gasteiger partial charge in [0.15, 0.2) is 5.78 Å². The summed E-state index contributed by atoms with van der Waals surface area (Å²) in [6.45, 7) is 2.22. The average molecular weight is 379 g/mol. The minimum Gasteiger partial charge on any atom is -0.299 e. The van der Waals surface area contributed by atoms with Crippen LogP contribution < -0.4 is 0 Å².